The van der Waals surface area contributed by atoms with E-state index < -0.39 is 0 Å². The summed E-state index contributed by atoms with van der Waals surface area (Å²) in [5.41, 5.74) is 10.0. The molecule has 3 aromatic carbocycles. The second-order valence-electron chi connectivity index (χ2n) is 14.5. The molecule has 0 atom stereocenters. The normalized spacial score (nSPS) is 12.8. The summed E-state index contributed by atoms with van der Waals surface area (Å²) >= 11 is 0. The Hall–Kier alpha value is -3.92. The van der Waals surface area contributed by atoms with Gasteiger partial charge in [-0.05, 0) is 67.7 Å². The molecule has 4 nitrogen and oxygen atoms in total. The summed E-state index contributed by atoms with van der Waals surface area (Å²) in [7, 11) is 0. The van der Waals surface area contributed by atoms with Crippen LogP contribution in [0.2, 0.25) is 0 Å². The molecule has 2 aromatic heterocycles. The maximum atomic E-state index is 12.2. The molecule has 1 aliphatic carbocycles. The maximum absolute atomic E-state index is 12.2. The van der Waals surface area contributed by atoms with Gasteiger partial charge in [0.2, 0.25) is 0 Å². The predicted molar refractivity (Wildman–Crippen MR) is 209 cm³/mol. The molecule has 51 heavy (non-hydrogen) atoms. The molecular formula is C46H53IrN2O2-. The van der Waals surface area contributed by atoms with E-state index in [9.17, 15) is 9.90 Å². The number of allylic oxidation sites excluding steroid dienone is 2. The second kappa shape index (κ2) is 17.1. The van der Waals surface area contributed by atoms with Gasteiger partial charge >= 0.3 is 0 Å². The standard InChI is InChI=1S/C31H25N2.C15H28O2.Ir/c1-20(2)28-19-23(18-22-10-6-7-11-24(22)28)31-27-13-15-30-26(25(27)16-17-32-31)12-14-29(33-30)21-8-4-3-5-9-21;1-7-14(5,8-2)12(16)11-13(17)15(6,9-3)10-4;/h3-12,14,16-17,19-20H,13,15H2,1-2H3;11,16H,7-10H2,1-6H3;/q-1;;/b;12-11-;. The number of fused-ring (bicyclic) bond motifs is 4. The first-order valence-electron chi connectivity index (χ1n) is 18.4. The SMILES string of the molecule is CC(C)c1cc(-c2nccc3c2CCc2nc(-c4ccccc4)ccc2-3)[c-]c2ccccc12.CCC(C)(CC)C(=O)/C=C(\O)C(C)(CC)CC.[Ir]. The summed E-state index contributed by atoms with van der Waals surface area (Å²) < 4.78 is 0. The Morgan fingerprint density at radius 1 is 0.843 bits per heavy atom. The number of hydrogen-bond donors (Lipinski definition) is 1. The van der Waals surface area contributed by atoms with Crippen molar-refractivity contribution in [3.63, 3.8) is 0 Å². The van der Waals surface area contributed by atoms with Gasteiger partial charge in [-0.3, -0.25) is 14.8 Å². The van der Waals surface area contributed by atoms with Gasteiger partial charge in [-0.2, -0.15) is 0 Å². The fraction of sp³-hybridized carbons (Fsp3) is 0.370. The molecule has 1 N–H and O–H groups in total. The van der Waals surface area contributed by atoms with Crippen LogP contribution in [0.15, 0.2) is 96.9 Å². The van der Waals surface area contributed by atoms with E-state index in [1.807, 2.05) is 53.8 Å². The largest absolute Gasteiger partial charge is 0.512 e. The van der Waals surface area contributed by atoms with Gasteiger partial charge in [-0.1, -0.05) is 121 Å². The first-order chi connectivity index (χ1) is 24.0. The molecule has 0 aliphatic heterocycles. The second-order valence-corrected chi connectivity index (χ2v) is 14.5. The smallest absolute Gasteiger partial charge is 0.164 e. The van der Waals surface area contributed by atoms with Crippen LogP contribution in [0.25, 0.3) is 44.4 Å². The Morgan fingerprint density at radius 3 is 2.14 bits per heavy atom. The van der Waals surface area contributed by atoms with E-state index in [2.05, 4.69) is 92.7 Å². The zero-order chi connectivity index (χ0) is 36.1. The summed E-state index contributed by atoms with van der Waals surface area (Å²) in [5.74, 6) is 0.720. The quantitative estimate of drug-likeness (QED) is 0.0863. The van der Waals surface area contributed by atoms with Crippen molar-refractivity contribution in [3.8, 4) is 33.6 Å². The number of carbonyl (C=O) groups excluding carboxylic acids is 1. The third-order valence-electron chi connectivity index (χ3n) is 11.3. The molecule has 5 heteroatoms. The van der Waals surface area contributed by atoms with Gasteiger partial charge < -0.3 is 5.11 Å². The molecular weight excluding hydrogens is 805 g/mol. The summed E-state index contributed by atoms with van der Waals surface area (Å²) in [6, 6.07) is 31.4. The maximum Gasteiger partial charge on any atom is 0.164 e. The molecule has 5 aromatic rings. The van der Waals surface area contributed by atoms with E-state index in [0.29, 0.717) is 5.92 Å². The minimum absolute atomic E-state index is 0. The van der Waals surface area contributed by atoms with E-state index in [0.717, 1.165) is 66.4 Å². The van der Waals surface area contributed by atoms with Crippen molar-refractivity contribution in [2.45, 2.75) is 99.8 Å². The number of rotatable bonds is 10. The number of hydrogen-bond acceptors (Lipinski definition) is 4. The van der Waals surface area contributed by atoms with Crippen LogP contribution in [-0.4, -0.2) is 20.9 Å². The van der Waals surface area contributed by atoms with Gasteiger partial charge in [0.25, 0.3) is 0 Å². The molecule has 1 radical (unpaired) electrons. The Morgan fingerprint density at radius 2 is 1.49 bits per heavy atom. The van der Waals surface area contributed by atoms with Gasteiger partial charge in [0.15, 0.2) is 5.78 Å². The Kier molecular flexibility index (Phi) is 13.3. The molecule has 0 unspecified atom stereocenters. The van der Waals surface area contributed by atoms with Crippen LogP contribution >= 0.6 is 0 Å². The molecule has 2 heterocycles. The van der Waals surface area contributed by atoms with Gasteiger partial charge in [-0.25, -0.2) is 0 Å². The number of aromatic nitrogens is 2. The molecule has 0 saturated carbocycles. The van der Waals surface area contributed by atoms with Gasteiger partial charge in [0, 0.05) is 65.7 Å². The number of nitrogens with zero attached hydrogens (tertiary/aromatic N) is 2. The third kappa shape index (κ3) is 8.43. The summed E-state index contributed by atoms with van der Waals surface area (Å²) in [5, 5.41) is 12.6. The molecule has 0 saturated heterocycles. The first-order valence-corrected chi connectivity index (χ1v) is 18.4. The third-order valence-corrected chi connectivity index (χ3v) is 11.3. The van der Waals surface area contributed by atoms with Crippen molar-refractivity contribution in [1.82, 2.24) is 9.97 Å². The van der Waals surface area contributed by atoms with Crippen LogP contribution in [0.3, 0.4) is 0 Å². The van der Waals surface area contributed by atoms with Crippen LogP contribution in [0, 0.1) is 16.9 Å². The molecule has 269 valence electrons. The van der Waals surface area contributed by atoms with Crippen molar-refractivity contribution in [2.24, 2.45) is 10.8 Å². The molecule has 6 rings (SSSR count). The molecule has 0 bridgehead atoms. The van der Waals surface area contributed by atoms with Gasteiger partial charge in [0.1, 0.15) is 5.76 Å². The Labute approximate surface area is 319 Å². The number of aliphatic hydroxyl groups is 1. The van der Waals surface area contributed by atoms with E-state index in [1.165, 1.54) is 39.4 Å². The van der Waals surface area contributed by atoms with Crippen LogP contribution in [0.1, 0.15) is 104 Å². The van der Waals surface area contributed by atoms with Crippen LogP contribution in [0.4, 0.5) is 0 Å². The van der Waals surface area contributed by atoms with Crippen molar-refractivity contribution in [3.05, 3.63) is 120 Å². The van der Waals surface area contributed by atoms with Gasteiger partial charge in [0.05, 0.1) is 5.69 Å². The zero-order valence-corrected chi connectivity index (χ0v) is 34.0. The molecule has 0 amide bonds. The minimum atomic E-state index is -0.337. The molecule has 0 fully saturated rings. The van der Waals surface area contributed by atoms with Crippen molar-refractivity contribution in [1.29, 1.82) is 0 Å². The average molecular weight is 858 g/mol. The number of benzene rings is 3. The monoisotopic (exact) mass is 858 g/mol. The number of carbonyl (C=O) groups is 1. The van der Waals surface area contributed by atoms with Crippen LogP contribution in [-0.2, 0) is 37.7 Å². The summed E-state index contributed by atoms with van der Waals surface area (Å²) in [4.78, 5) is 22.1. The van der Waals surface area contributed by atoms with Crippen molar-refractivity contribution >= 4 is 16.6 Å². The number of pyridine rings is 2. The average Bonchev–Trinajstić information content (AvgIpc) is 3.16. The fourth-order valence-electron chi connectivity index (χ4n) is 6.73. The molecule has 0 spiro atoms. The summed E-state index contributed by atoms with van der Waals surface area (Å²) in [6.45, 7) is 16.6. The van der Waals surface area contributed by atoms with Crippen LogP contribution < -0.4 is 0 Å². The van der Waals surface area contributed by atoms with E-state index in [1.54, 1.807) is 0 Å². The van der Waals surface area contributed by atoms with Gasteiger partial charge in [-0.15, -0.1) is 29.1 Å². The van der Waals surface area contributed by atoms with E-state index in [-0.39, 0.29) is 42.5 Å². The molecule has 1 aliphatic rings. The first kappa shape index (κ1) is 39.9. The van der Waals surface area contributed by atoms with Crippen LogP contribution in [0.5, 0.6) is 0 Å². The Balaban J connectivity index is 0.000000279. The summed E-state index contributed by atoms with van der Waals surface area (Å²) in [6.07, 6.45) is 8.55. The van der Waals surface area contributed by atoms with Crippen molar-refractivity contribution in [2.75, 3.05) is 0 Å². The number of aryl methyl sites for hydroxylation is 1. The number of ketones is 1. The fourth-order valence-corrected chi connectivity index (χ4v) is 6.73. The minimum Gasteiger partial charge on any atom is -0.512 e. The zero-order valence-electron chi connectivity index (χ0n) is 31.6. The number of aliphatic hydroxyl groups excluding tert-OH is 1. The van der Waals surface area contributed by atoms with Crippen molar-refractivity contribution < 1.29 is 30.0 Å². The topological polar surface area (TPSA) is 63.1 Å². The predicted octanol–water partition coefficient (Wildman–Crippen LogP) is 12.3. The van der Waals surface area contributed by atoms with E-state index >= 15 is 0 Å². The van der Waals surface area contributed by atoms with E-state index in [4.69, 9.17) is 9.97 Å². The Bertz CT molecular complexity index is 1990.